The highest BCUT2D eigenvalue weighted by Gasteiger charge is 2.14. The first kappa shape index (κ1) is 16.0. The normalized spacial score (nSPS) is 9.82. The fourth-order valence-electron chi connectivity index (χ4n) is 1.08. The molecule has 0 fully saturated rings. The number of carbonyl (C=O) groups excluding carboxylic acids is 2. The number of rotatable bonds is 8. The highest BCUT2D eigenvalue weighted by atomic mass is 35.5. The number of unbranched alkanes of at least 4 members (excludes halogenated alkanes) is 2. The molecule has 6 heteroatoms. The van der Waals surface area contributed by atoms with Crippen LogP contribution >= 0.6 is 11.6 Å². The molecule has 0 aliphatic heterocycles. The zero-order chi connectivity index (χ0) is 13.1. The molecule has 0 aromatic carbocycles. The Morgan fingerprint density at radius 3 is 2.47 bits per heavy atom. The van der Waals surface area contributed by atoms with E-state index in [2.05, 4.69) is 6.92 Å². The molecule has 0 heterocycles. The van der Waals surface area contributed by atoms with Crippen molar-refractivity contribution >= 4 is 23.7 Å². The second kappa shape index (κ2) is 10.2. The lowest BCUT2D eigenvalue weighted by atomic mass is 10.3. The first-order valence-corrected chi connectivity index (χ1v) is 6.24. The van der Waals surface area contributed by atoms with Crippen molar-refractivity contribution in [1.29, 1.82) is 0 Å². The minimum atomic E-state index is -0.573. The van der Waals surface area contributed by atoms with Gasteiger partial charge < -0.3 is 14.4 Å². The van der Waals surface area contributed by atoms with Crippen molar-refractivity contribution in [3.05, 3.63) is 0 Å². The van der Waals surface area contributed by atoms with E-state index in [-0.39, 0.29) is 19.0 Å². The summed E-state index contributed by atoms with van der Waals surface area (Å²) in [6, 6.07) is 0. The maximum absolute atomic E-state index is 11.3. The van der Waals surface area contributed by atoms with Gasteiger partial charge in [0.15, 0.2) is 0 Å². The molecule has 0 spiro atoms. The molecule has 0 aromatic rings. The molecule has 1 amide bonds. The van der Waals surface area contributed by atoms with Crippen LogP contribution in [0.1, 0.15) is 26.2 Å². The summed E-state index contributed by atoms with van der Waals surface area (Å²) in [4.78, 5) is 23.7. The lowest BCUT2D eigenvalue weighted by Crippen LogP contribution is -2.33. The van der Waals surface area contributed by atoms with Crippen molar-refractivity contribution in [3.63, 3.8) is 0 Å². The molecular weight excluding hydrogens is 246 g/mol. The largest absolute Gasteiger partial charge is 0.464 e. The molecule has 0 radical (unpaired) electrons. The lowest BCUT2D eigenvalue weighted by Gasteiger charge is -2.15. The van der Waals surface area contributed by atoms with Crippen molar-refractivity contribution in [2.24, 2.45) is 0 Å². The summed E-state index contributed by atoms with van der Waals surface area (Å²) in [6.07, 6.45) is 2.38. The summed E-state index contributed by atoms with van der Waals surface area (Å²) >= 11 is 5.37. The number of ether oxygens (including phenoxy) is 2. The Hall–Kier alpha value is -0.970. The number of halogens is 1. The SMILES string of the molecule is CCCCCOC(=O)CN(C)C(=O)OCCCl. The van der Waals surface area contributed by atoms with Gasteiger partial charge in [-0.2, -0.15) is 0 Å². The Balaban J connectivity index is 3.67. The lowest BCUT2D eigenvalue weighted by molar-refractivity contribution is -0.144. The predicted molar refractivity (Wildman–Crippen MR) is 65.2 cm³/mol. The maximum Gasteiger partial charge on any atom is 0.410 e. The number of amides is 1. The van der Waals surface area contributed by atoms with Crippen LogP contribution in [-0.2, 0) is 14.3 Å². The van der Waals surface area contributed by atoms with Crippen molar-refractivity contribution in [3.8, 4) is 0 Å². The van der Waals surface area contributed by atoms with Crippen LogP contribution in [0.3, 0.4) is 0 Å². The summed E-state index contributed by atoms with van der Waals surface area (Å²) in [5.74, 6) is -0.187. The van der Waals surface area contributed by atoms with E-state index < -0.39 is 12.1 Å². The molecular formula is C11H20ClNO4. The van der Waals surface area contributed by atoms with Gasteiger partial charge in [0.2, 0.25) is 0 Å². The van der Waals surface area contributed by atoms with Crippen LogP contribution < -0.4 is 0 Å². The number of esters is 1. The zero-order valence-electron chi connectivity index (χ0n) is 10.4. The smallest absolute Gasteiger partial charge is 0.410 e. The highest BCUT2D eigenvalue weighted by molar-refractivity contribution is 6.18. The van der Waals surface area contributed by atoms with Gasteiger partial charge in [0.05, 0.1) is 12.5 Å². The van der Waals surface area contributed by atoms with Crippen LogP contribution in [0.4, 0.5) is 4.79 Å². The van der Waals surface area contributed by atoms with Crippen LogP contribution in [0, 0.1) is 0 Å². The molecule has 0 N–H and O–H groups in total. The molecule has 0 saturated heterocycles. The minimum Gasteiger partial charge on any atom is -0.464 e. The van der Waals surface area contributed by atoms with Crippen LogP contribution in [0.25, 0.3) is 0 Å². The summed E-state index contributed by atoms with van der Waals surface area (Å²) in [5, 5.41) is 0. The van der Waals surface area contributed by atoms with Crippen LogP contribution in [0.15, 0.2) is 0 Å². The monoisotopic (exact) mass is 265 g/mol. The Bertz CT molecular complexity index is 236. The van der Waals surface area contributed by atoms with E-state index in [9.17, 15) is 9.59 Å². The van der Waals surface area contributed by atoms with Crippen LogP contribution in [-0.4, -0.2) is 49.6 Å². The molecule has 0 aliphatic carbocycles. The predicted octanol–water partition coefficient (Wildman–Crippen LogP) is 2.03. The van der Waals surface area contributed by atoms with E-state index in [0.29, 0.717) is 6.61 Å². The third-order valence-corrected chi connectivity index (χ3v) is 2.15. The minimum absolute atomic E-state index is 0.104. The number of nitrogens with zero attached hydrogens (tertiary/aromatic N) is 1. The van der Waals surface area contributed by atoms with E-state index in [1.54, 1.807) is 0 Å². The Morgan fingerprint density at radius 2 is 1.88 bits per heavy atom. The van der Waals surface area contributed by atoms with Gasteiger partial charge in [-0.25, -0.2) is 4.79 Å². The molecule has 0 unspecified atom stereocenters. The Kier molecular flexibility index (Phi) is 9.62. The summed E-state index contributed by atoms with van der Waals surface area (Å²) in [7, 11) is 1.48. The number of likely N-dealkylation sites (N-methyl/N-ethyl adjacent to an activating group) is 1. The molecule has 0 rings (SSSR count). The van der Waals surface area contributed by atoms with Crippen LogP contribution in [0.2, 0.25) is 0 Å². The van der Waals surface area contributed by atoms with Crippen molar-refractivity contribution in [2.75, 3.05) is 32.7 Å². The average Bonchev–Trinajstić information content (AvgIpc) is 2.31. The molecule has 17 heavy (non-hydrogen) atoms. The molecule has 0 aliphatic rings. The van der Waals surface area contributed by atoms with Gasteiger partial charge in [0.25, 0.3) is 0 Å². The zero-order valence-corrected chi connectivity index (χ0v) is 11.2. The van der Waals surface area contributed by atoms with E-state index in [0.717, 1.165) is 24.2 Å². The molecule has 0 bridgehead atoms. The first-order valence-electron chi connectivity index (χ1n) is 5.71. The topological polar surface area (TPSA) is 55.8 Å². The van der Waals surface area contributed by atoms with Crippen molar-refractivity contribution in [1.82, 2.24) is 4.90 Å². The summed E-state index contributed by atoms with van der Waals surface area (Å²) in [6.45, 7) is 2.50. The van der Waals surface area contributed by atoms with Crippen molar-refractivity contribution in [2.45, 2.75) is 26.2 Å². The average molecular weight is 266 g/mol. The highest BCUT2D eigenvalue weighted by Crippen LogP contribution is 1.96. The van der Waals surface area contributed by atoms with Gasteiger partial charge in [-0.1, -0.05) is 19.8 Å². The molecule has 100 valence electrons. The summed E-state index contributed by atoms with van der Waals surface area (Å²) < 4.78 is 9.70. The fraction of sp³-hybridized carbons (Fsp3) is 0.818. The first-order chi connectivity index (χ1) is 8.11. The molecule has 0 aromatic heterocycles. The quantitative estimate of drug-likeness (QED) is 0.383. The van der Waals surface area contributed by atoms with Gasteiger partial charge in [-0.05, 0) is 6.42 Å². The fourth-order valence-corrected chi connectivity index (χ4v) is 1.16. The Labute approximate surface area is 107 Å². The van der Waals surface area contributed by atoms with Gasteiger partial charge in [-0.15, -0.1) is 11.6 Å². The van der Waals surface area contributed by atoms with E-state index in [1.807, 2.05) is 0 Å². The molecule has 5 nitrogen and oxygen atoms in total. The van der Waals surface area contributed by atoms with Gasteiger partial charge in [0, 0.05) is 7.05 Å². The summed E-state index contributed by atoms with van der Waals surface area (Å²) in [5.41, 5.74) is 0. The third-order valence-electron chi connectivity index (χ3n) is 1.99. The third kappa shape index (κ3) is 8.80. The van der Waals surface area contributed by atoms with Gasteiger partial charge in [-0.3, -0.25) is 4.79 Å². The van der Waals surface area contributed by atoms with E-state index in [4.69, 9.17) is 21.1 Å². The van der Waals surface area contributed by atoms with E-state index >= 15 is 0 Å². The van der Waals surface area contributed by atoms with Crippen molar-refractivity contribution < 1.29 is 19.1 Å². The van der Waals surface area contributed by atoms with E-state index in [1.165, 1.54) is 7.05 Å². The second-order valence-electron chi connectivity index (χ2n) is 3.59. The standard InChI is InChI=1S/C11H20ClNO4/c1-3-4-5-7-16-10(14)9-13(2)11(15)17-8-6-12/h3-9H2,1-2H3. The maximum atomic E-state index is 11.3. The number of alkyl halides is 1. The number of carbonyl (C=O) groups is 2. The molecule has 0 saturated carbocycles. The van der Waals surface area contributed by atoms with Gasteiger partial charge in [0.1, 0.15) is 13.2 Å². The number of hydrogen-bond donors (Lipinski definition) is 0. The Morgan fingerprint density at radius 1 is 1.18 bits per heavy atom. The van der Waals surface area contributed by atoms with Crippen LogP contribution in [0.5, 0.6) is 0 Å². The second-order valence-corrected chi connectivity index (χ2v) is 3.96. The van der Waals surface area contributed by atoms with Gasteiger partial charge >= 0.3 is 12.1 Å². The number of hydrogen-bond acceptors (Lipinski definition) is 4. The molecule has 0 atom stereocenters.